The highest BCUT2D eigenvalue weighted by molar-refractivity contribution is 5.90. The Labute approximate surface area is 82.9 Å². The first-order valence-electron chi connectivity index (χ1n) is 4.24. The molecule has 4 heteroatoms. The number of aliphatic carboxylic acids is 1. The van der Waals surface area contributed by atoms with Crippen molar-refractivity contribution in [1.82, 2.24) is 0 Å². The predicted octanol–water partition coefficient (Wildman–Crippen LogP) is 1.53. The molecule has 0 heterocycles. The number of carboxylic acid groups (broad SMARTS) is 1. The van der Waals surface area contributed by atoms with Gasteiger partial charge in [-0.1, -0.05) is 12.7 Å². The van der Waals surface area contributed by atoms with Crippen molar-refractivity contribution in [2.24, 2.45) is 0 Å². The van der Waals surface area contributed by atoms with Crippen LogP contribution in [0, 0.1) is 0 Å². The third kappa shape index (κ3) is 3.89. The topological polar surface area (TPSA) is 63.6 Å². The minimum Gasteiger partial charge on any atom is -0.481 e. The van der Waals surface area contributed by atoms with Gasteiger partial charge in [0.05, 0.1) is 13.0 Å². The molecule has 0 aliphatic heterocycles. The molecule has 4 nitrogen and oxygen atoms in total. The van der Waals surface area contributed by atoms with Crippen LogP contribution >= 0.6 is 0 Å². The smallest absolute Gasteiger partial charge is 0.333 e. The summed E-state index contributed by atoms with van der Waals surface area (Å²) < 4.78 is 4.73. The molecule has 0 unspecified atom stereocenters. The van der Waals surface area contributed by atoms with E-state index in [4.69, 9.17) is 9.84 Å². The summed E-state index contributed by atoms with van der Waals surface area (Å²) >= 11 is 0. The maximum Gasteiger partial charge on any atom is 0.333 e. The van der Waals surface area contributed by atoms with Crippen LogP contribution in [0.4, 0.5) is 0 Å². The van der Waals surface area contributed by atoms with E-state index in [0.717, 1.165) is 0 Å². The highest BCUT2D eigenvalue weighted by Gasteiger charge is 2.11. The predicted molar refractivity (Wildman–Crippen MR) is 51.8 cm³/mol. The van der Waals surface area contributed by atoms with E-state index in [-0.39, 0.29) is 13.0 Å². The van der Waals surface area contributed by atoms with Gasteiger partial charge >= 0.3 is 11.9 Å². The van der Waals surface area contributed by atoms with Gasteiger partial charge in [0.15, 0.2) is 0 Å². The van der Waals surface area contributed by atoms with Gasteiger partial charge in [0, 0.05) is 5.57 Å². The van der Waals surface area contributed by atoms with Crippen LogP contribution in [0.25, 0.3) is 0 Å². The molecule has 0 aromatic carbocycles. The molecule has 14 heavy (non-hydrogen) atoms. The Morgan fingerprint density at radius 2 is 2.07 bits per heavy atom. The number of carbonyl (C=O) groups is 2. The van der Waals surface area contributed by atoms with Gasteiger partial charge in [-0.3, -0.25) is 4.79 Å². The zero-order valence-corrected chi connectivity index (χ0v) is 8.37. The Bertz CT molecular complexity index is 276. The van der Waals surface area contributed by atoms with E-state index in [2.05, 4.69) is 6.58 Å². The summed E-state index contributed by atoms with van der Waals surface area (Å²) in [5, 5.41) is 8.54. The summed E-state index contributed by atoms with van der Waals surface area (Å²) in [5.41, 5.74) is 0.681. The maximum absolute atomic E-state index is 11.2. The number of carboxylic acids is 1. The van der Waals surface area contributed by atoms with E-state index < -0.39 is 11.9 Å². The van der Waals surface area contributed by atoms with Gasteiger partial charge in [-0.2, -0.15) is 0 Å². The molecule has 0 amide bonds. The number of hydrogen-bond acceptors (Lipinski definition) is 3. The fraction of sp³-hybridized carbons (Fsp3) is 0.400. The van der Waals surface area contributed by atoms with Gasteiger partial charge in [0.1, 0.15) is 0 Å². The second-order valence-corrected chi connectivity index (χ2v) is 2.65. The molecule has 0 aromatic heterocycles. The molecule has 0 aliphatic rings. The van der Waals surface area contributed by atoms with Crippen molar-refractivity contribution in [2.45, 2.75) is 20.3 Å². The van der Waals surface area contributed by atoms with E-state index in [1.165, 1.54) is 13.0 Å². The maximum atomic E-state index is 11.2. The van der Waals surface area contributed by atoms with Crippen LogP contribution in [-0.2, 0) is 14.3 Å². The zero-order valence-electron chi connectivity index (χ0n) is 8.37. The molecule has 0 aliphatic carbocycles. The number of allylic oxidation sites excluding steroid dienone is 1. The summed E-state index contributed by atoms with van der Waals surface area (Å²) in [6, 6.07) is 0. The molecule has 0 rings (SSSR count). The van der Waals surface area contributed by atoms with Gasteiger partial charge in [-0.05, 0) is 19.4 Å². The molecule has 0 atom stereocenters. The molecule has 0 radical (unpaired) electrons. The highest BCUT2D eigenvalue weighted by atomic mass is 16.5. The lowest BCUT2D eigenvalue weighted by Gasteiger charge is -2.05. The second-order valence-electron chi connectivity index (χ2n) is 2.65. The van der Waals surface area contributed by atoms with Gasteiger partial charge < -0.3 is 9.84 Å². The standard InChI is InChI=1S/C10H14O4/c1-4-8(6-9(11)12)7(3)10(13)14-5-2/h4H,1,5-6H2,2-3H3,(H,11,12). The first-order valence-corrected chi connectivity index (χ1v) is 4.24. The SMILES string of the molecule is C=CC(CC(=O)O)=C(C)C(=O)OCC. The van der Waals surface area contributed by atoms with Gasteiger partial charge in [-0.25, -0.2) is 4.79 Å². The summed E-state index contributed by atoms with van der Waals surface area (Å²) in [7, 11) is 0. The lowest BCUT2D eigenvalue weighted by atomic mass is 10.1. The van der Waals surface area contributed by atoms with Gasteiger partial charge in [-0.15, -0.1) is 0 Å². The largest absolute Gasteiger partial charge is 0.481 e. The van der Waals surface area contributed by atoms with Crippen LogP contribution in [0.3, 0.4) is 0 Å². The number of esters is 1. The Kier molecular flexibility index (Phi) is 5.29. The molecule has 0 spiro atoms. The molecule has 78 valence electrons. The van der Waals surface area contributed by atoms with Crippen LogP contribution in [0.2, 0.25) is 0 Å². The third-order valence-corrected chi connectivity index (χ3v) is 1.65. The van der Waals surface area contributed by atoms with Crippen molar-refractivity contribution in [2.75, 3.05) is 6.61 Å². The molecule has 0 bridgehead atoms. The zero-order chi connectivity index (χ0) is 11.1. The molecule has 0 fully saturated rings. The normalized spacial score (nSPS) is 11.6. The fourth-order valence-corrected chi connectivity index (χ4v) is 0.891. The lowest BCUT2D eigenvalue weighted by Crippen LogP contribution is -2.09. The van der Waals surface area contributed by atoms with E-state index in [1.807, 2.05) is 0 Å². The van der Waals surface area contributed by atoms with Crippen LogP contribution < -0.4 is 0 Å². The van der Waals surface area contributed by atoms with Gasteiger partial charge in [0.25, 0.3) is 0 Å². The van der Waals surface area contributed by atoms with Crippen LogP contribution in [0.5, 0.6) is 0 Å². The molecule has 0 aromatic rings. The van der Waals surface area contributed by atoms with Crippen molar-refractivity contribution in [1.29, 1.82) is 0 Å². The number of hydrogen-bond donors (Lipinski definition) is 1. The average molecular weight is 198 g/mol. The second kappa shape index (κ2) is 5.96. The molecule has 0 saturated carbocycles. The molecular formula is C10H14O4. The van der Waals surface area contributed by atoms with Crippen molar-refractivity contribution < 1.29 is 19.4 Å². The summed E-state index contributed by atoms with van der Waals surface area (Å²) in [5.74, 6) is -1.49. The summed E-state index contributed by atoms with van der Waals surface area (Å²) in [6.07, 6.45) is 1.15. The van der Waals surface area contributed by atoms with Crippen molar-refractivity contribution in [3.8, 4) is 0 Å². The van der Waals surface area contributed by atoms with Gasteiger partial charge in [0.2, 0.25) is 0 Å². The van der Waals surface area contributed by atoms with Crippen molar-refractivity contribution >= 4 is 11.9 Å². The van der Waals surface area contributed by atoms with E-state index in [9.17, 15) is 9.59 Å². The minimum absolute atomic E-state index is 0.214. The molecule has 0 saturated heterocycles. The van der Waals surface area contributed by atoms with Crippen LogP contribution in [0.15, 0.2) is 23.8 Å². The Hall–Kier alpha value is -1.58. The number of ether oxygens (including phenoxy) is 1. The highest BCUT2D eigenvalue weighted by Crippen LogP contribution is 2.11. The quantitative estimate of drug-likeness (QED) is 0.413. The fourth-order valence-electron chi connectivity index (χ4n) is 0.891. The number of carbonyl (C=O) groups excluding carboxylic acids is 1. The minimum atomic E-state index is -0.997. The van der Waals surface area contributed by atoms with Crippen molar-refractivity contribution in [3.05, 3.63) is 23.8 Å². The average Bonchev–Trinajstić information content (AvgIpc) is 2.13. The monoisotopic (exact) mass is 198 g/mol. The molecule has 1 N–H and O–H groups in total. The Balaban J connectivity index is 4.73. The lowest BCUT2D eigenvalue weighted by molar-refractivity contribution is -0.138. The molecular weight excluding hydrogens is 184 g/mol. The summed E-state index contributed by atoms with van der Waals surface area (Å²) in [6.45, 7) is 6.94. The summed E-state index contributed by atoms with van der Waals surface area (Å²) in [4.78, 5) is 21.6. The van der Waals surface area contributed by atoms with E-state index in [0.29, 0.717) is 11.1 Å². The Morgan fingerprint density at radius 3 is 2.43 bits per heavy atom. The van der Waals surface area contributed by atoms with Crippen LogP contribution in [0.1, 0.15) is 20.3 Å². The third-order valence-electron chi connectivity index (χ3n) is 1.65. The van der Waals surface area contributed by atoms with Crippen LogP contribution in [-0.4, -0.2) is 23.7 Å². The van der Waals surface area contributed by atoms with E-state index in [1.54, 1.807) is 6.92 Å². The Morgan fingerprint density at radius 1 is 1.50 bits per heavy atom. The number of rotatable bonds is 5. The first kappa shape index (κ1) is 12.4. The van der Waals surface area contributed by atoms with Crippen molar-refractivity contribution in [3.63, 3.8) is 0 Å². The van der Waals surface area contributed by atoms with E-state index >= 15 is 0 Å². The first-order chi connectivity index (χ1) is 6.52.